The number of hydrogen-bond acceptors (Lipinski definition) is 2. The Labute approximate surface area is 106 Å². The maximum absolute atomic E-state index is 12.4. The van der Waals surface area contributed by atoms with E-state index in [4.69, 9.17) is 0 Å². The molecule has 1 atom stereocenters. The third kappa shape index (κ3) is 2.37. The average molecular weight is 246 g/mol. The smallest absolute Gasteiger partial charge is 0.254 e. The van der Waals surface area contributed by atoms with Gasteiger partial charge < -0.3 is 9.88 Å². The number of hydrogen-bond donors (Lipinski definition) is 1. The van der Waals surface area contributed by atoms with Crippen molar-refractivity contribution in [1.82, 2.24) is 9.88 Å². The molecule has 0 fully saturated rings. The summed E-state index contributed by atoms with van der Waals surface area (Å²) in [4.78, 5) is 28.4. The van der Waals surface area contributed by atoms with Crippen molar-refractivity contribution in [2.24, 2.45) is 0 Å². The molecule has 1 amide bonds. The van der Waals surface area contributed by atoms with Crippen molar-refractivity contribution in [2.75, 3.05) is 6.54 Å². The molecule has 0 bridgehead atoms. The molecule has 96 valence electrons. The first-order chi connectivity index (χ1) is 8.65. The highest BCUT2D eigenvalue weighted by Gasteiger charge is 2.24. The van der Waals surface area contributed by atoms with Crippen LogP contribution in [0.4, 0.5) is 0 Å². The fourth-order valence-electron chi connectivity index (χ4n) is 2.24. The number of aromatic nitrogens is 1. The van der Waals surface area contributed by atoms with Gasteiger partial charge >= 0.3 is 0 Å². The van der Waals surface area contributed by atoms with Crippen molar-refractivity contribution < 1.29 is 4.79 Å². The van der Waals surface area contributed by atoms with Crippen LogP contribution >= 0.6 is 0 Å². The highest BCUT2D eigenvalue weighted by molar-refractivity contribution is 5.95. The largest absolute Gasteiger partial charge is 0.329 e. The van der Waals surface area contributed by atoms with Crippen molar-refractivity contribution >= 4 is 5.91 Å². The average Bonchev–Trinajstić information content (AvgIpc) is 2.85. The monoisotopic (exact) mass is 246 g/mol. The van der Waals surface area contributed by atoms with Crippen LogP contribution in [0.1, 0.15) is 36.3 Å². The number of pyridine rings is 1. The maximum Gasteiger partial charge on any atom is 0.254 e. The molecule has 1 aliphatic rings. The Kier molecular flexibility index (Phi) is 3.65. The number of nitrogens with one attached hydrogen (secondary N) is 1. The lowest BCUT2D eigenvalue weighted by atomic mass is 10.1. The minimum atomic E-state index is -0.210. The predicted octanol–water partition coefficient (Wildman–Crippen LogP) is 1.73. The number of carbonyl (C=O) groups is 1. The molecule has 4 heteroatoms. The van der Waals surface area contributed by atoms with Crippen LogP contribution in [0.2, 0.25) is 0 Å². The Bertz CT molecular complexity index is 531. The van der Waals surface area contributed by atoms with E-state index < -0.39 is 0 Å². The van der Waals surface area contributed by atoms with Gasteiger partial charge in [0.25, 0.3) is 5.91 Å². The lowest BCUT2D eigenvalue weighted by Crippen LogP contribution is -2.36. The Balaban J connectivity index is 2.29. The number of aryl methyl sites for hydroxylation is 1. The van der Waals surface area contributed by atoms with Crippen LogP contribution in [0.25, 0.3) is 0 Å². The molecule has 0 saturated heterocycles. The predicted molar refractivity (Wildman–Crippen MR) is 70.7 cm³/mol. The molecule has 1 N–H and O–H groups in total. The molecule has 2 rings (SSSR count). The van der Waals surface area contributed by atoms with Crippen LogP contribution in [0.15, 0.2) is 29.1 Å². The molecule has 0 unspecified atom stereocenters. The van der Waals surface area contributed by atoms with Crippen LogP contribution in [-0.4, -0.2) is 28.4 Å². The molecule has 1 aliphatic heterocycles. The second-order valence-corrected chi connectivity index (χ2v) is 4.47. The van der Waals surface area contributed by atoms with Gasteiger partial charge in [-0.15, -0.1) is 0 Å². The number of nitrogens with zero attached hydrogens (tertiary/aromatic N) is 1. The van der Waals surface area contributed by atoms with E-state index >= 15 is 0 Å². The van der Waals surface area contributed by atoms with Gasteiger partial charge in [-0.05, 0) is 18.9 Å². The molecule has 0 radical (unpaired) electrons. The van der Waals surface area contributed by atoms with Gasteiger partial charge in [-0.3, -0.25) is 9.59 Å². The quantitative estimate of drug-likeness (QED) is 0.826. The van der Waals surface area contributed by atoms with Crippen LogP contribution < -0.4 is 5.56 Å². The van der Waals surface area contributed by atoms with Gasteiger partial charge in [-0.25, -0.2) is 0 Å². The first-order valence-electron chi connectivity index (χ1n) is 6.36. The van der Waals surface area contributed by atoms with Gasteiger partial charge in [0, 0.05) is 23.9 Å². The lowest BCUT2D eigenvalue weighted by molar-refractivity contribution is 0.0747. The van der Waals surface area contributed by atoms with E-state index in [1.54, 1.807) is 11.0 Å². The first-order valence-corrected chi connectivity index (χ1v) is 6.36. The molecular weight excluding hydrogens is 228 g/mol. The molecule has 0 aromatic carbocycles. The fraction of sp³-hybridized carbons (Fsp3) is 0.429. The number of carbonyl (C=O) groups excluding carboxylic acids is 1. The van der Waals surface area contributed by atoms with Gasteiger partial charge in [0.2, 0.25) is 5.56 Å². The normalized spacial score (nSPS) is 18.3. The zero-order valence-electron chi connectivity index (χ0n) is 10.8. The highest BCUT2D eigenvalue weighted by atomic mass is 16.2. The molecule has 2 heterocycles. The van der Waals surface area contributed by atoms with Gasteiger partial charge in [0.1, 0.15) is 0 Å². The Morgan fingerprint density at radius 2 is 2.22 bits per heavy atom. The molecule has 1 aromatic rings. The van der Waals surface area contributed by atoms with Crippen molar-refractivity contribution in [3.05, 3.63) is 45.9 Å². The van der Waals surface area contributed by atoms with E-state index in [2.05, 4.69) is 11.9 Å². The second-order valence-electron chi connectivity index (χ2n) is 4.47. The van der Waals surface area contributed by atoms with Crippen molar-refractivity contribution in [3.8, 4) is 0 Å². The summed E-state index contributed by atoms with van der Waals surface area (Å²) < 4.78 is 0. The molecule has 0 saturated carbocycles. The molecular formula is C14H18N2O2. The minimum Gasteiger partial charge on any atom is -0.329 e. The van der Waals surface area contributed by atoms with E-state index in [0.29, 0.717) is 18.5 Å². The summed E-state index contributed by atoms with van der Waals surface area (Å²) in [6.45, 7) is 4.63. The van der Waals surface area contributed by atoms with Crippen LogP contribution in [0.3, 0.4) is 0 Å². The summed E-state index contributed by atoms with van der Waals surface area (Å²) in [6.07, 6.45) is 5.66. The van der Waals surface area contributed by atoms with E-state index in [-0.39, 0.29) is 17.5 Å². The van der Waals surface area contributed by atoms with Gasteiger partial charge in [0.15, 0.2) is 0 Å². The Hall–Kier alpha value is -1.84. The van der Waals surface area contributed by atoms with Crippen LogP contribution in [0, 0.1) is 0 Å². The van der Waals surface area contributed by atoms with Gasteiger partial charge in [0.05, 0.1) is 6.04 Å². The lowest BCUT2D eigenvalue weighted by Gasteiger charge is -2.23. The summed E-state index contributed by atoms with van der Waals surface area (Å²) >= 11 is 0. The van der Waals surface area contributed by atoms with Crippen molar-refractivity contribution in [3.63, 3.8) is 0 Å². The van der Waals surface area contributed by atoms with Crippen LogP contribution in [-0.2, 0) is 6.42 Å². The summed E-state index contributed by atoms with van der Waals surface area (Å²) in [5, 5.41) is 0. The molecule has 4 nitrogen and oxygen atoms in total. The number of aromatic amines is 1. The minimum absolute atomic E-state index is 0.0624. The Morgan fingerprint density at radius 3 is 2.89 bits per heavy atom. The molecule has 0 aliphatic carbocycles. The summed E-state index contributed by atoms with van der Waals surface area (Å²) in [6, 6.07) is 3.31. The molecule has 1 aromatic heterocycles. The Morgan fingerprint density at radius 1 is 1.44 bits per heavy atom. The zero-order valence-corrected chi connectivity index (χ0v) is 10.8. The topological polar surface area (TPSA) is 53.2 Å². The second kappa shape index (κ2) is 5.21. The van der Waals surface area contributed by atoms with E-state index in [9.17, 15) is 9.59 Å². The third-order valence-electron chi connectivity index (χ3n) is 3.27. The SMILES string of the molecule is CCc1cc(C(=O)N2CC=C[C@H]2CC)cc(=O)[nH]1. The fourth-order valence-corrected chi connectivity index (χ4v) is 2.24. The van der Waals surface area contributed by atoms with Crippen LogP contribution in [0.5, 0.6) is 0 Å². The molecule has 0 spiro atoms. The van der Waals surface area contributed by atoms with E-state index in [0.717, 1.165) is 12.1 Å². The number of amides is 1. The van der Waals surface area contributed by atoms with Gasteiger partial charge in [-0.2, -0.15) is 0 Å². The number of H-pyrrole nitrogens is 1. The van der Waals surface area contributed by atoms with E-state index in [1.165, 1.54) is 6.07 Å². The van der Waals surface area contributed by atoms with E-state index in [1.807, 2.05) is 19.1 Å². The standard InChI is InChI=1S/C14H18N2O2/c1-3-11-8-10(9-13(17)15-11)14(18)16-7-5-6-12(16)4-2/h5-6,8-9,12H,3-4,7H2,1-2H3,(H,15,17)/t12-/m1/s1. The van der Waals surface area contributed by atoms with Crippen molar-refractivity contribution in [1.29, 1.82) is 0 Å². The maximum atomic E-state index is 12.4. The number of rotatable bonds is 3. The summed E-state index contributed by atoms with van der Waals surface area (Å²) in [5.74, 6) is -0.0624. The van der Waals surface area contributed by atoms with Crippen molar-refractivity contribution in [2.45, 2.75) is 32.7 Å². The first kappa shape index (κ1) is 12.6. The third-order valence-corrected chi connectivity index (χ3v) is 3.27. The summed E-state index contributed by atoms with van der Waals surface area (Å²) in [5.41, 5.74) is 1.07. The zero-order chi connectivity index (χ0) is 13.1. The van der Waals surface area contributed by atoms with Gasteiger partial charge in [-0.1, -0.05) is 26.0 Å². The highest BCUT2D eigenvalue weighted by Crippen LogP contribution is 2.16. The summed E-state index contributed by atoms with van der Waals surface area (Å²) in [7, 11) is 0. The molecule has 18 heavy (non-hydrogen) atoms.